The summed E-state index contributed by atoms with van der Waals surface area (Å²) in [7, 11) is 0. The second-order valence-electron chi connectivity index (χ2n) is 11.3. The number of hydrogen-bond acceptors (Lipinski definition) is 6. The van der Waals surface area contributed by atoms with Crippen LogP contribution in [0.25, 0.3) is 23.3 Å². The van der Waals surface area contributed by atoms with Gasteiger partial charge in [-0.1, -0.05) is 66.8 Å². The minimum absolute atomic E-state index is 0.300. The molecule has 0 aliphatic heterocycles. The highest BCUT2D eigenvalue weighted by Gasteiger charge is 2.35. The third kappa shape index (κ3) is 8.33. The Balaban J connectivity index is 1.12. The molecule has 0 heterocycles. The van der Waals surface area contributed by atoms with Crippen molar-refractivity contribution in [2.24, 2.45) is 0 Å². The Morgan fingerprint density at radius 1 is 0.851 bits per heavy atom. The number of carboxylic acids is 2. The third-order valence-corrected chi connectivity index (χ3v) is 8.93. The first-order valence-corrected chi connectivity index (χ1v) is 16.4. The van der Waals surface area contributed by atoms with Gasteiger partial charge in [0.1, 0.15) is 18.1 Å². The van der Waals surface area contributed by atoms with E-state index in [0.29, 0.717) is 30.3 Å². The molecule has 242 valence electrons. The average Bonchev–Trinajstić information content (AvgIpc) is 3.42. The van der Waals surface area contributed by atoms with Crippen molar-refractivity contribution in [3.8, 4) is 22.6 Å². The van der Waals surface area contributed by atoms with E-state index in [1.165, 1.54) is 27.8 Å². The zero-order valence-corrected chi connectivity index (χ0v) is 27.5. The zero-order chi connectivity index (χ0) is 33.4. The highest BCUT2D eigenvalue weighted by atomic mass is 32.2. The van der Waals surface area contributed by atoms with Gasteiger partial charge in [0.25, 0.3) is 0 Å². The molecule has 1 aliphatic carbocycles. The molecular weight excluding hydrogens is 612 g/mol. The van der Waals surface area contributed by atoms with E-state index in [9.17, 15) is 14.7 Å². The van der Waals surface area contributed by atoms with E-state index in [-0.39, 0.29) is 6.61 Å². The van der Waals surface area contributed by atoms with Crippen LogP contribution in [0.3, 0.4) is 0 Å². The monoisotopic (exact) mass is 650 g/mol. The fraction of sp³-hybridized carbons (Fsp3) is 0.231. The molecule has 8 heteroatoms. The van der Waals surface area contributed by atoms with Gasteiger partial charge in [-0.05, 0) is 108 Å². The maximum Gasteiger partial charge on any atom is 0.341 e. The molecule has 4 aromatic carbocycles. The maximum atomic E-state index is 11.7. The van der Waals surface area contributed by atoms with Crippen molar-refractivity contribution in [1.29, 1.82) is 0 Å². The SMILES string of the molecule is CCOC(C)(C(=O)O)c1ccc(OCC=Cc2ccc3c(c2)Cc2cc(C=CCSc4ccc(OCC(=O)O)c(C)c4)ccc2-3)cc1. The third-order valence-electron chi connectivity index (χ3n) is 7.99. The summed E-state index contributed by atoms with van der Waals surface area (Å²) < 4.78 is 16.7. The lowest BCUT2D eigenvalue weighted by Gasteiger charge is -2.25. The van der Waals surface area contributed by atoms with E-state index in [0.717, 1.165) is 28.2 Å². The zero-order valence-electron chi connectivity index (χ0n) is 26.7. The predicted molar refractivity (Wildman–Crippen MR) is 186 cm³/mol. The van der Waals surface area contributed by atoms with Crippen LogP contribution in [0.4, 0.5) is 0 Å². The fourth-order valence-electron chi connectivity index (χ4n) is 5.55. The molecule has 4 aromatic rings. The van der Waals surface area contributed by atoms with Gasteiger partial charge in [0.05, 0.1) is 0 Å². The standard InChI is InChI=1S/C39H38O7S/c1-4-46-39(3,38(42)43)31-11-13-32(14-12-31)44-19-5-7-27-9-16-34-29(22-27)24-30-23-28(10-17-35(30)34)8-6-20-47-33-15-18-36(26(2)21-33)45-25-37(40)41/h5-18,21-23H,4,19-20,24-25H2,1-3H3,(H,40,41)(H,42,43). The Kier molecular flexibility index (Phi) is 10.9. The first kappa shape index (κ1) is 33.6. The molecule has 7 nitrogen and oxygen atoms in total. The molecule has 0 aromatic heterocycles. The number of fused-ring (bicyclic) bond motifs is 3. The lowest BCUT2D eigenvalue weighted by atomic mass is 9.96. The average molecular weight is 651 g/mol. The molecule has 1 aliphatic rings. The summed E-state index contributed by atoms with van der Waals surface area (Å²) >= 11 is 1.72. The number of benzene rings is 4. The van der Waals surface area contributed by atoms with E-state index in [2.05, 4.69) is 54.6 Å². The summed E-state index contributed by atoms with van der Waals surface area (Å²) in [6.45, 7) is 5.59. The van der Waals surface area contributed by atoms with Crippen molar-refractivity contribution in [2.45, 2.75) is 37.7 Å². The number of aryl methyl sites for hydroxylation is 1. The molecule has 0 amide bonds. The number of rotatable bonds is 15. The van der Waals surface area contributed by atoms with Gasteiger partial charge in [-0.3, -0.25) is 0 Å². The minimum atomic E-state index is -1.39. The Morgan fingerprint density at radius 2 is 1.51 bits per heavy atom. The minimum Gasteiger partial charge on any atom is -0.490 e. The maximum absolute atomic E-state index is 11.7. The molecule has 1 atom stereocenters. The van der Waals surface area contributed by atoms with Crippen LogP contribution in [0.5, 0.6) is 11.5 Å². The molecule has 1 unspecified atom stereocenters. The summed E-state index contributed by atoms with van der Waals surface area (Å²) in [4.78, 5) is 23.6. The Labute approximate surface area is 279 Å². The molecule has 5 rings (SSSR count). The lowest BCUT2D eigenvalue weighted by Crippen LogP contribution is -2.35. The van der Waals surface area contributed by atoms with Crippen LogP contribution in [-0.2, 0) is 26.3 Å². The second kappa shape index (κ2) is 15.2. The van der Waals surface area contributed by atoms with Crippen LogP contribution in [0.1, 0.15) is 47.2 Å². The molecule has 0 radical (unpaired) electrons. The van der Waals surface area contributed by atoms with Crippen molar-refractivity contribution in [3.05, 3.63) is 124 Å². The van der Waals surface area contributed by atoms with E-state index in [4.69, 9.17) is 19.3 Å². The van der Waals surface area contributed by atoms with E-state index < -0.39 is 17.5 Å². The summed E-state index contributed by atoms with van der Waals surface area (Å²) in [6.07, 6.45) is 9.23. The van der Waals surface area contributed by atoms with Crippen LogP contribution in [0, 0.1) is 6.92 Å². The van der Waals surface area contributed by atoms with E-state index >= 15 is 0 Å². The molecular formula is C39H38O7S. The smallest absolute Gasteiger partial charge is 0.341 e. The van der Waals surface area contributed by atoms with Gasteiger partial charge in [-0.15, -0.1) is 11.8 Å². The largest absolute Gasteiger partial charge is 0.490 e. The second-order valence-corrected chi connectivity index (χ2v) is 12.4. The van der Waals surface area contributed by atoms with Crippen LogP contribution in [0.15, 0.2) is 95.9 Å². The quantitative estimate of drug-likeness (QED) is 0.109. The fourth-order valence-corrected chi connectivity index (χ4v) is 6.36. The summed E-state index contributed by atoms with van der Waals surface area (Å²) in [6, 6.07) is 25.9. The Hall–Kier alpha value is -4.79. The number of carboxylic acid groups (broad SMARTS) is 2. The van der Waals surface area contributed by atoms with Gasteiger partial charge >= 0.3 is 11.9 Å². The topological polar surface area (TPSA) is 102 Å². The van der Waals surface area contributed by atoms with Gasteiger partial charge in [-0.25, -0.2) is 9.59 Å². The van der Waals surface area contributed by atoms with E-state index in [1.54, 1.807) is 49.9 Å². The van der Waals surface area contributed by atoms with Crippen molar-refractivity contribution >= 4 is 35.9 Å². The van der Waals surface area contributed by atoms with Gasteiger partial charge in [0, 0.05) is 17.3 Å². The first-order chi connectivity index (χ1) is 22.7. The van der Waals surface area contributed by atoms with Crippen molar-refractivity contribution < 1.29 is 34.0 Å². The first-order valence-electron chi connectivity index (χ1n) is 15.4. The Morgan fingerprint density at radius 3 is 2.11 bits per heavy atom. The molecule has 0 spiro atoms. The van der Waals surface area contributed by atoms with E-state index in [1.807, 2.05) is 31.2 Å². The van der Waals surface area contributed by atoms with Crippen LogP contribution in [0.2, 0.25) is 0 Å². The molecule has 0 bridgehead atoms. The van der Waals surface area contributed by atoms with Crippen LogP contribution in [-0.4, -0.2) is 47.7 Å². The van der Waals surface area contributed by atoms with Crippen LogP contribution >= 0.6 is 11.8 Å². The van der Waals surface area contributed by atoms with Crippen molar-refractivity contribution in [2.75, 3.05) is 25.6 Å². The van der Waals surface area contributed by atoms with Gasteiger partial charge < -0.3 is 24.4 Å². The molecule has 0 saturated carbocycles. The molecule has 0 fully saturated rings. The van der Waals surface area contributed by atoms with Gasteiger partial charge in [0.2, 0.25) is 0 Å². The summed E-state index contributed by atoms with van der Waals surface area (Å²) in [5, 5.41) is 18.4. The highest BCUT2D eigenvalue weighted by molar-refractivity contribution is 7.99. The normalized spacial score (nSPS) is 13.3. The Bertz CT molecular complexity index is 1810. The summed E-state index contributed by atoms with van der Waals surface area (Å²) in [5.74, 6) is 0.0454. The number of ether oxygens (including phenoxy) is 3. The number of aliphatic carboxylic acids is 2. The number of hydrogen-bond donors (Lipinski definition) is 2. The van der Waals surface area contributed by atoms with Crippen LogP contribution < -0.4 is 9.47 Å². The predicted octanol–water partition coefficient (Wildman–Crippen LogP) is 8.26. The molecule has 2 N–H and O–H groups in total. The van der Waals surface area contributed by atoms with Crippen molar-refractivity contribution in [1.82, 2.24) is 0 Å². The number of carbonyl (C=O) groups is 2. The highest BCUT2D eigenvalue weighted by Crippen LogP contribution is 2.38. The van der Waals surface area contributed by atoms with Gasteiger partial charge in [-0.2, -0.15) is 0 Å². The molecule has 47 heavy (non-hydrogen) atoms. The van der Waals surface area contributed by atoms with Crippen molar-refractivity contribution in [3.63, 3.8) is 0 Å². The summed E-state index contributed by atoms with van der Waals surface area (Å²) in [5.41, 5.74) is 7.53. The lowest BCUT2D eigenvalue weighted by molar-refractivity contribution is -0.164. The van der Waals surface area contributed by atoms with Gasteiger partial charge in [0.15, 0.2) is 12.2 Å². The number of thioether (sulfide) groups is 1. The molecule has 0 saturated heterocycles.